The van der Waals surface area contributed by atoms with E-state index >= 15 is 0 Å². The number of benzene rings is 1. The first kappa shape index (κ1) is 19.3. The third-order valence-corrected chi connectivity index (χ3v) is 5.02. The lowest BCUT2D eigenvalue weighted by atomic mass is 10.1. The SMILES string of the molecule is CCN(CC(=O)NC(C)(C)C)S(=O)(=O)c1ccc(C(C)=O)cc1. The van der Waals surface area contributed by atoms with Crippen molar-refractivity contribution in [3.05, 3.63) is 29.8 Å². The summed E-state index contributed by atoms with van der Waals surface area (Å²) >= 11 is 0. The average molecular weight is 340 g/mol. The number of nitrogens with one attached hydrogen (secondary N) is 1. The fraction of sp³-hybridized carbons (Fsp3) is 0.500. The molecular weight excluding hydrogens is 316 g/mol. The zero-order valence-electron chi connectivity index (χ0n) is 14.2. The molecule has 0 saturated heterocycles. The van der Waals surface area contributed by atoms with Crippen molar-refractivity contribution < 1.29 is 18.0 Å². The van der Waals surface area contributed by atoms with Gasteiger partial charge in [0.05, 0.1) is 11.4 Å². The molecule has 1 aromatic carbocycles. The molecule has 23 heavy (non-hydrogen) atoms. The van der Waals surface area contributed by atoms with E-state index in [9.17, 15) is 18.0 Å². The maximum atomic E-state index is 12.6. The molecule has 6 nitrogen and oxygen atoms in total. The second-order valence-corrected chi connectivity index (χ2v) is 8.25. The van der Waals surface area contributed by atoms with Crippen molar-refractivity contribution in [2.75, 3.05) is 13.1 Å². The Balaban J connectivity index is 2.99. The number of carbonyl (C=O) groups excluding carboxylic acids is 2. The van der Waals surface area contributed by atoms with Crippen LogP contribution in [0.1, 0.15) is 45.0 Å². The van der Waals surface area contributed by atoms with Crippen LogP contribution in [0.2, 0.25) is 0 Å². The van der Waals surface area contributed by atoms with Crippen LogP contribution in [-0.4, -0.2) is 43.0 Å². The molecule has 0 radical (unpaired) electrons. The molecular formula is C16H24N2O4S. The zero-order chi connectivity index (χ0) is 17.8. The number of Topliss-reactive ketones (excluding diaryl/α,β-unsaturated/α-hetero) is 1. The van der Waals surface area contributed by atoms with Gasteiger partial charge >= 0.3 is 0 Å². The van der Waals surface area contributed by atoms with Crippen molar-refractivity contribution in [3.63, 3.8) is 0 Å². The highest BCUT2D eigenvalue weighted by Crippen LogP contribution is 2.16. The minimum Gasteiger partial charge on any atom is -0.350 e. The summed E-state index contributed by atoms with van der Waals surface area (Å²) in [6, 6.07) is 5.71. The van der Waals surface area contributed by atoms with Gasteiger partial charge < -0.3 is 5.32 Å². The largest absolute Gasteiger partial charge is 0.350 e. The molecule has 1 amide bonds. The van der Waals surface area contributed by atoms with Crippen molar-refractivity contribution >= 4 is 21.7 Å². The molecule has 1 N–H and O–H groups in total. The molecule has 128 valence electrons. The molecule has 0 aliphatic rings. The molecule has 0 fully saturated rings. The zero-order valence-corrected chi connectivity index (χ0v) is 15.0. The van der Waals surface area contributed by atoms with E-state index in [4.69, 9.17) is 0 Å². The summed E-state index contributed by atoms with van der Waals surface area (Å²) in [5.41, 5.74) is 0.0149. The number of amides is 1. The normalized spacial score (nSPS) is 12.3. The number of nitrogens with zero attached hydrogens (tertiary/aromatic N) is 1. The summed E-state index contributed by atoms with van der Waals surface area (Å²) in [5.74, 6) is -0.492. The van der Waals surface area contributed by atoms with Crippen LogP contribution in [0.25, 0.3) is 0 Å². The number of sulfonamides is 1. The van der Waals surface area contributed by atoms with E-state index in [0.29, 0.717) is 5.56 Å². The number of ketones is 1. The van der Waals surface area contributed by atoms with Crippen LogP contribution >= 0.6 is 0 Å². The van der Waals surface area contributed by atoms with Gasteiger partial charge in [-0.1, -0.05) is 19.1 Å². The number of rotatable bonds is 6. The van der Waals surface area contributed by atoms with Gasteiger partial charge in [-0.15, -0.1) is 0 Å². The Morgan fingerprint density at radius 2 is 1.65 bits per heavy atom. The highest BCUT2D eigenvalue weighted by atomic mass is 32.2. The molecule has 0 aromatic heterocycles. The molecule has 1 aromatic rings. The molecule has 0 unspecified atom stereocenters. The van der Waals surface area contributed by atoms with Gasteiger partial charge in [0, 0.05) is 17.6 Å². The third-order valence-electron chi connectivity index (χ3n) is 3.09. The smallest absolute Gasteiger partial charge is 0.243 e. The van der Waals surface area contributed by atoms with Gasteiger partial charge in [-0.25, -0.2) is 8.42 Å². The number of likely N-dealkylation sites (N-methyl/N-ethyl adjacent to an activating group) is 1. The molecule has 0 saturated carbocycles. The topological polar surface area (TPSA) is 83.6 Å². The summed E-state index contributed by atoms with van der Waals surface area (Å²) < 4.78 is 26.3. The summed E-state index contributed by atoms with van der Waals surface area (Å²) in [6.45, 7) is 8.51. The molecule has 0 bridgehead atoms. The maximum absolute atomic E-state index is 12.6. The van der Waals surface area contributed by atoms with Crippen LogP contribution in [0.5, 0.6) is 0 Å². The van der Waals surface area contributed by atoms with E-state index < -0.39 is 15.6 Å². The van der Waals surface area contributed by atoms with Crippen LogP contribution in [0.15, 0.2) is 29.2 Å². The van der Waals surface area contributed by atoms with Gasteiger partial charge in [0.2, 0.25) is 15.9 Å². The van der Waals surface area contributed by atoms with E-state index in [2.05, 4.69) is 5.32 Å². The van der Waals surface area contributed by atoms with Crippen LogP contribution in [0.3, 0.4) is 0 Å². The Bertz CT molecular complexity index is 673. The fourth-order valence-corrected chi connectivity index (χ4v) is 3.40. The van der Waals surface area contributed by atoms with Crippen molar-refractivity contribution in [1.82, 2.24) is 9.62 Å². The van der Waals surface area contributed by atoms with Gasteiger partial charge in [0.25, 0.3) is 0 Å². The minimum absolute atomic E-state index is 0.0629. The molecule has 0 aliphatic heterocycles. The van der Waals surface area contributed by atoms with Crippen molar-refractivity contribution in [1.29, 1.82) is 0 Å². The summed E-state index contributed by atoms with van der Waals surface area (Å²) in [4.78, 5) is 23.3. The first-order valence-electron chi connectivity index (χ1n) is 7.39. The standard InChI is InChI=1S/C16H24N2O4S/c1-6-18(11-15(20)17-16(3,4)5)23(21,22)14-9-7-13(8-10-14)12(2)19/h7-10H,6,11H2,1-5H3,(H,17,20). The summed E-state index contributed by atoms with van der Waals surface area (Å²) in [6.07, 6.45) is 0. The van der Waals surface area contributed by atoms with E-state index in [1.807, 2.05) is 20.8 Å². The van der Waals surface area contributed by atoms with Crippen LogP contribution in [0, 0.1) is 0 Å². The van der Waals surface area contributed by atoms with Gasteiger partial charge in [0.1, 0.15) is 0 Å². The lowest BCUT2D eigenvalue weighted by Gasteiger charge is -2.24. The van der Waals surface area contributed by atoms with Crippen molar-refractivity contribution in [2.24, 2.45) is 0 Å². The van der Waals surface area contributed by atoms with Gasteiger partial charge in [-0.2, -0.15) is 4.31 Å². The molecule has 0 heterocycles. The lowest BCUT2D eigenvalue weighted by Crippen LogP contribution is -2.47. The van der Waals surface area contributed by atoms with E-state index in [1.54, 1.807) is 6.92 Å². The Morgan fingerprint density at radius 1 is 1.13 bits per heavy atom. The Morgan fingerprint density at radius 3 is 2.04 bits per heavy atom. The van der Waals surface area contributed by atoms with Gasteiger partial charge in [-0.3, -0.25) is 9.59 Å². The van der Waals surface area contributed by atoms with Crippen LogP contribution in [0.4, 0.5) is 0 Å². The minimum atomic E-state index is -3.78. The molecule has 1 rings (SSSR count). The van der Waals surface area contributed by atoms with E-state index in [0.717, 1.165) is 4.31 Å². The summed E-state index contributed by atoms with van der Waals surface area (Å²) in [5, 5.41) is 2.74. The second kappa shape index (κ2) is 7.23. The molecule has 7 heteroatoms. The number of hydrogen-bond acceptors (Lipinski definition) is 4. The molecule has 0 atom stereocenters. The molecule has 0 aliphatic carbocycles. The quantitative estimate of drug-likeness (QED) is 0.801. The Labute approximate surface area is 137 Å². The second-order valence-electron chi connectivity index (χ2n) is 6.31. The van der Waals surface area contributed by atoms with Gasteiger partial charge in [0.15, 0.2) is 5.78 Å². The van der Waals surface area contributed by atoms with Crippen molar-refractivity contribution in [2.45, 2.75) is 45.1 Å². The maximum Gasteiger partial charge on any atom is 0.243 e. The van der Waals surface area contributed by atoms with Crippen LogP contribution in [-0.2, 0) is 14.8 Å². The highest BCUT2D eigenvalue weighted by Gasteiger charge is 2.26. The third kappa shape index (κ3) is 5.44. The Kier molecular flexibility index (Phi) is 6.07. The first-order valence-corrected chi connectivity index (χ1v) is 8.83. The number of carbonyl (C=O) groups is 2. The van der Waals surface area contributed by atoms with E-state index in [-0.39, 0.29) is 29.7 Å². The van der Waals surface area contributed by atoms with E-state index in [1.165, 1.54) is 31.2 Å². The number of hydrogen-bond donors (Lipinski definition) is 1. The van der Waals surface area contributed by atoms with Crippen LogP contribution < -0.4 is 5.32 Å². The lowest BCUT2D eigenvalue weighted by molar-refractivity contribution is -0.122. The predicted octanol–water partition coefficient (Wildman–Crippen LogP) is 1.81. The monoisotopic (exact) mass is 340 g/mol. The van der Waals surface area contributed by atoms with Crippen molar-refractivity contribution in [3.8, 4) is 0 Å². The molecule has 0 spiro atoms. The predicted molar refractivity (Wildman–Crippen MR) is 88.8 cm³/mol. The first-order chi connectivity index (χ1) is 10.5. The Hall–Kier alpha value is -1.73. The highest BCUT2D eigenvalue weighted by molar-refractivity contribution is 7.89. The fourth-order valence-electron chi connectivity index (χ4n) is 2.00. The average Bonchev–Trinajstić information content (AvgIpc) is 2.42. The summed E-state index contributed by atoms with van der Waals surface area (Å²) in [7, 11) is -3.78. The van der Waals surface area contributed by atoms with Gasteiger partial charge in [-0.05, 0) is 39.8 Å².